The average molecular weight is 221 g/mol. The molecule has 1 nitrogen and oxygen atoms in total. The smallest absolute Gasteiger partial charge is 0.316 e. The molecule has 0 aromatic rings. The molecule has 2 aliphatic rings. The first-order valence-corrected chi connectivity index (χ1v) is 5.79. The number of hydrogen-bond acceptors (Lipinski definition) is 1. The van der Waals surface area contributed by atoms with Crippen molar-refractivity contribution in [2.24, 2.45) is 11.3 Å². The molecule has 2 fully saturated rings. The second-order valence-electron chi connectivity index (χ2n) is 5.10. The molecule has 0 unspecified atom stereocenters. The van der Waals surface area contributed by atoms with E-state index in [0.717, 1.165) is 38.8 Å². The van der Waals surface area contributed by atoms with Crippen molar-refractivity contribution < 1.29 is 13.2 Å². The fourth-order valence-corrected chi connectivity index (χ4v) is 3.01. The normalized spacial score (nSPS) is 38.2. The maximum atomic E-state index is 12.5. The van der Waals surface area contributed by atoms with E-state index in [9.17, 15) is 13.2 Å². The molecule has 0 radical (unpaired) electrons. The zero-order chi connectivity index (χ0) is 10.9. The third kappa shape index (κ3) is 2.47. The second kappa shape index (κ2) is 3.96. The Morgan fingerprint density at radius 3 is 2.20 bits per heavy atom. The summed E-state index contributed by atoms with van der Waals surface area (Å²) in [5.74, 6) is -1.04. The molecular weight excluding hydrogens is 203 g/mol. The van der Waals surface area contributed by atoms with E-state index in [2.05, 4.69) is 5.32 Å². The van der Waals surface area contributed by atoms with Crippen LogP contribution in [0.1, 0.15) is 38.5 Å². The summed E-state index contributed by atoms with van der Waals surface area (Å²) in [6.45, 7) is 1.96. The molecule has 0 amide bonds. The molecule has 1 heterocycles. The van der Waals surface area contributed by atoms with Gasteiger partial charge in [-0.2, -0.15) is 13.2 Å². The molecule has 88 valence electrons. The Labute approximate surface area is 88.4 Å². The summed E-state index contributed by atoms with van der Waals surface area (Å²) >= 11 is 0. The van der Waals surface area contributed by atoms with Gasteiger partial charge in [-0.15, -0.1) is 0 Å². The molecule has 1 aliphatic heterocycles. The molecule has 1 spiro atoms. The first-order chi connectivity index (χ1) is 7.02. The highest BCUT2D eigenvalue weighted by Gasteiger charge is 2.45. The number of rotatable bonds is 0. The van der Waals surface area contributed by atoms with Gasteiger partial charge in [-0.25, -0.2) is 0 Å². The maximum Gasteiger partial charge on any atom is 0.391 e. The number of piperidine rings is 1. The summed E-state index contributed by atoms with van der Waals surface area (Å²) in [6.07, 6.45) is 0.454. The van der Waals surface area contributed by atoms with Crippen molar-refractivity contribution in [1.82, 2.24) is 5.32 Å². The molecule has 4 heteroatoms. The molecule has 1 saturated heterocycles. The zero-order valence-electron chi connectivity index (χ0n) is 8.87. The van der Waals surface area contributed by atoms with Crippen molar-refractivity contribution in [3.05, 3.63) is 0 Å². The lowest BCUT2D eigenvalue weighted by Crippen LogP contribution is -2.43. The highest BCUT2D eigenvalue weighted by atomic mass is 19.4. The van der Waals surface area contributed by atoms with Gasteiger partial charge in [0.15, 0.2) is 0 Å². The van der Waals surface area contributed by atoms with Crippen LogP contribution in [-0.4, -0.2) is 19.3 Å². The van der Waals surface area contributed by atoms with E-state index < -0.39 is 12.1 Å². The van der Waals surface area contributed by atoms with Gasteiger partial charge in [-0.05, 0) is 50.5 Å². The first-order valence-electron chi connectivity index (χ1n) is 5.79. The third-order valence-corrected chi connectivity index (χ3v) is 4.07. The van der Waals surface area contributed by atoms with Crippen molar-refractivity contribution in [3.63, 3.8) is 0 Å². The second-order valence-corrected chi connectivity index (χ2v) is 5.10. The van der Waals surface area contributed by atoms with Crippen LogP contribution < -0.4 is 5.32 Å². The van der Waals surface area contributed by atoms with Crippen LogP contribution in [0.2, 0.25) is 0 Å². The molecule has 1 aliphatic carbocycles. The van der Waals surface area contributed by atoms with Gasteiger partial charge < -0.3 is 5.32 Å². The maximum absolute atomic E-state index is 12.5. The molecule has 1 saturated carbocycles. The topological polar surface area (TPSA) is 12.0 Å². The Hall–Kier alpha value is -0.250. The van der Waals surface area contributed by atoms with Crippen molar-refractivity contribution in [2.75, 3.05) is 13.1 Å². The minimum atomic E-state index is -3.97. The fraction of sp³-hybridized carbons (Fsp3) is 1.00. The van der Waals surface area contributed by atoms with E-state index in [1.165, 1.54) is 0 Å². The third-order valence-electron chi connectivity index (χ3n) is 4.07. The van der Waals surface area contributed by atoms with E-state index in [4.69, 9.17) is 0 Å². The van der Waals surface area contributed by atoms with Gasteiger partial charge in [0.05, 0.1) is 5.92 Å². The zero-order valence-corrected chi connectivity index (χ0v) is 8.87. The van der Waals surface area contributed by atoms with Crippen LogP contribution in [0, 0.1) is 11.3 Å². The van der Waals surface area contributed by atoms with Crippen LogP contribution >= 0.6 is 0 Å². The average Bonchev–Trinajstić information content (AvgIpc) is 2.18. The van der Waals surface area contributed by atoms with Crippen LogP contribution in [0.4, 0.5) is 13.2 Å². The van der Waals surface area contributed by atoms with E-state index >= 15 is 0 Å². The van der Waals surface area contributed by atoms with Crippen LogP contribution in [-0.2, 0) is 0 Å². The Bertz CT molecular complexity index is 208. The minimum absolute atomic E-state index is 0.194. The minimum Gasteiger partial charge on any atom is -0.316 e. The van der Waals surface area contributed by atoms with Crippen LogP contribution in [0.5, 0.6) is 0 Å². The Balaban J connectivity index is 1.91. The quantitative estimate of drug-likeness (QED) is 0.662. The van der Waals surface area contributed by atoms with E-state index in [1.54, 1.807) is 0 Å². The van der Waals surface area contributed by atoms with Crippen molar-refractivity contribution in [1.29, 1.82) is 0 Å². The van der Waals surface area contributed by atoms with Gasteiger partial charge in [0, 0.05) is 6.54 Å². The first kappa shape index (κ1) is 11.2. The van der Waals surface area contributed by atoms with Gasteiger partial charge >= 0.3 is 6.18 Å². The summed E-state index contributed by atoms with van der Waals surface area (Å²) in [7, 11) is 0. The van der Waals surface area contributed by atoms with Gasteiger partial charge in [0.25, 0.3) is 0 Å². The predicted molar refractivity (Wildman–Crippen MR) is 52.5 cm³/mol. The van der Waals surface area contributed by atoms with E-state index in [-0.39, 0.29) is 5.41 Å². The molecule has 1 N–H and O–H groups in total. The molecule has 15 heavy (non-hydrogen) atoms. The molecule has 0 atom stereocenters. The number of halogens is 3. The Morgan fingerprint density at radius 1 is 1.07 bits per heavy atom. The molecule has 0 aromatic carbocycles. The van der Waals surface area contributed by atoms with Gasteiger partial charge in [-0.3, -0.25) is 0 Å². The molecular formula is C11H18F3N. The van der Waals surface area contributed by atoms with Crippen molar-refractivity contribution >= 4 is 0 Å². The standard InChI is InChI=1S/C11H18F3N/c12-11(13,14)9-2-5-10(6-3-9)4-1-7-15-8-10/h9,15H,1-8H2. The van der Waals surface area contributed by atoms with E-state index in [1.807, 2.05) is 0 Å². The largest absolute Gasteiger partial charge is 0.391 e. The number of alkyl halides is 3. The van der Waals surface area contributed by atoms with Gasteiger partial charge in [-0.1, -0.05) is 0 Å². The lowest BCUT2D eigenvalue weighted by atomic mass is 9.67. The summed E-state index contributed by atoms with van der Waals surface area (Å²) in [4.78, 5) is 0. The van der Waals surface area contributed by atoms with E-state index in [0.29, 0.717) is 12.8 Å². The highest BCUT2D eigenvalue weighted by molar-refractivity contribution is 4.91. The Kier molecular flexibility index (Phi) is 2.97. The molecule has 0 bridgehead atoms. The number of hydrogen-bond donors (Lipinski definition) is 1. The summed E-state index contributed by atoms with van der Waals surface area (Å²) in [6, 6.07) is 0. The van der Waals surface area contributed by atoms with Crippen molar-refractivity contribution in [3.8, 4) is 0 Å². The fourth-order valence-electron chi connectivity index (χ4n) is 3.01. The highest BCUT2D eigenvalue weighted by Crippen LogP contribution is 2.47. The Morgan fingerprint density at radius 2 is 1.73 bits per heavy atom. The van der Waals surface area contributed by atoms with Gasteiger partial charge in [0.1, 0.15) is 0 Å². The SMILES string of the molecule is FC(F)(F)C1CCC2(CCCNC2)CC1. The molecule has 2 rings (SSSR count). The van der Waals surface area contributed by atoms with Crippen LogP contribution in [0.15, 0.2) is 0 Å². The lowest BCUT2D eigenvalue weighted by molar-refractivity contribution is -0.188. The number of nitrogens with one attached hydrogen (secondary N) is 1. The van der Waals surface area contributed by atoms with Crippen LogP contribution in [0.25, 0.3) is 0 Å². The summed E-state index contributed by atoms with van der Waals surface area (Å²) < 4.78 is 37.4. The summed E-state index contributed by atoms with van der Waals surface area (Å²) in [5, 5.41) is 3.32. The van der Waals surface area contributed by atoms with Crippen molar-refractivity contribution in [2.45, 2.75) is 44.7 Å². The van der Waals surface area contributed by atoms with Gasteiger partial charge in [0.2, 0.25) is 0 Å². The van der Waals surface area contributed by atoms with Crippen LogP contribution in [0.3, 0.4) is 0 Å². The summed E-state index contributed by atoms with van der Waals surface area (Å²) in [5.41, 5.74) is 0.194. The monoisotopic (exact) mass is 221 g/mol. The molecule has 0 aromatic heterocycles. The predicted octanol–water partition coefficient (Wildman–Crippen LogP) is 3.11. The lowest BCUT2D eigenvalue weighted by Gasteiger charge is -2.43.